The molecule has 4 aliphatic carbocycles. The highest BCUT2D eigenvalue weighted by Gasteiger charge is 2.41. The van der Waals surface area contributed by atoms with Crippen LogP contribution in [0.4, 0.5) is 17.1 Å². The Balaban J connectivity index is 1.10. The van der Waals surface area contributed by atoms with Gasteiger partial charge < -0.3 is 9.32 Å². The number of fused-ring (bicyclic) bond motifs is 7. The lowest BCUT2D eigenvalue weighted by Gasteiger charge is -2.28. The Hall–Kier alpha value is -3.52. The van der Waals surface area contributed by atoms with E-state index < -0.39 is 0 Å². The first kappa shape index (κ1) is 23.2. The average Bonchev–Trinajstić information content (AvgIpc) is 3.84. The van der Waals surface area contributed by atoms with E-state index in [0.29, 0.717) is 0 Å². The number of hydrogen-bond donors (Lipinski definition) is 0. The maximum atomic E-state index is 6.32. The number of para-hydroxylation sites is 1. The molecule has 4 aliphatic rings. The number of furan rings is 1. The summed E-state index contributed by atoms with van der Waals surface area (Å²) < 4.78 is 6.32. The Bertz CT molecular complexity index is 1620. The van der Waals surface area contributed by atoms with Crippen molar-refractivity contribution >= 4 is 39.0 Å². The highest BCUT2D eigenvalue weighted by atomic mass is 16.3. The molecule has 0 aliphatic heterocycles. The van der Waals surface area contributed by atoms with E-state index in [9.17, 15) is 0 Å². The summed E-state index contributed by atoms with van der Waals surface area (Å²) in [6.45, 7) is 0. The van der Waals surface area contributed by atoms with Crippen LogP contribution < -0.4 is 4.90 Å². The van der Waals surface area contributed by atoms with Crippen molar-refractivity contribution in [2.75, 3.05) is 4.90 Å². The van der Waals surface area contributed by atoms with Gasteiger partial charge in [0.2, 0.25) is 0 Å². The van der Waals surface area contributed by atoms with Crippen molar-refractivity contribution in [3.63, 3.8) is 0 Å². The number of benzene rings is 4. The minimum atomic E-state index is 0.758. The monoisotopic (exact) mass is 523 g/mol. The standard InChI is InChI=1S/C38H37NO/c1-2-4-37-33(3-1)34-18-17-32(23-38(34)40-37)39(30-13-9-26(10-14-30)35-21-24-5-7-28(35)19-24)31-15-11-27(12-16-31)36-22-25-6-8-29(36)20-25/h1-4,9-18,23-25,28-29,35-36H,5-8,19-22H2. The third-order valence-corrected chi connectivity index (χ3v) is 11.3. The van der Waals surface area contributed by atoms with Crippen LogP contribution in [0.25, 0.3) is 21.9 Å². The van der Waals surface area contributed by atoms with Crippen molar-refractivity contribution < 1.29 is 4.42 Å². The Kier molecular flexibility index (Phi) is 5.22. The van der Waals surface area contributed by atoms with E-state index in [0.717, 1.165) is 52.4 Å². The molecule has 4 saturated carbocycles. The summed E-state index contributed by atoms with van der Waals surface area (Å²) in [7, 11) is 0. The van der Waals surface area contributed by atoms with Gasteiger partial charge in [-0.25, -0.2) is 0 Å². The van der Waals surface area contributed by atoms with E-state index >= 15 is 0 Å². The number of nitrogens with zero attached hydrogens (tertiary/aromatic N) is 1. The lowest BCUT2D eigenvalue weighted by Crippen LogP contribution is -2.12. The summed E-state index contributed by atoms with van der Waals surface area (Å²) in [5.74, 6) is 5.26. The fraction of sp³-hybridized carbons (Fsp3) is 0.368. The van der Waals surface area contributed by atoms with Crippen LogP contribution in [-0.2, 0) is 0 Å². The first-order chi connectivity index (χ1) is 19.8. The number of hydrogen-bond acceptors (Lipinski definition) is 2. The first-order valence-corrected chi connectivity index (χ1v) is 15.7. The van der Waals surface area contributed by atoms with Gasteiger partial charge in [0, 0.05) is 33.9 Å². The molecule has 0 N–H and O–H groups in total. The molecule has 6 unspecified atom stereocenters. The fourth-order valence-corrected chi connectivity index (χ4v) is 9.35. The molecule has 6 atom stereocenters. The molecular weight excluding hydrogens is 486 g/mol. The van der Waals surface area contributed by atoms with Crippen LogP contribution in [0, 0.1) is 23.7 Å². The van der Waals surface area contributed by atoms with Crippen molar-refractivity contribution in [1.29, 1.82) is 0 Å². The first-order valence-electron chi connectivity index (χ1n) is 15.7. The zero-order chi connectivity index (χ0) is 26.2. The van der Waals surface area contributed by atoms with E-state index in [1.54, 1.807) is 0 Å². The van der Waals surface area contributed by atoms with Crippen molar-refractivity contribution in [2.45, 2.75) is 63.2 Å². The minimum Gasteiger partial charge on any atom is -0.456 e. The molecule has 5 aromatic rings. The van der Waals surface area contributed by atoms with E-state index in [1.165, 1.54) is 84.6 Å². The second-order valence-electron chi connectivity index (χ2n) is 13.4. The minimum absolute atomic E-state index is 0.758. The van der Waals surface area contributed by atoms with Crippen molar-refractivity contribution in [1.82, 2.24) is 0 Å². The molecule has 4 aromatic carbocycles. The molecule has 200 valence electrons. The SMILES string of the molecule is c1ccc2c(c1)oc1cc(N(c3ccc(C4CC5CCC4C5)cc3)c3ccc(C4CC5CCC4C5)cc3)ccc12. The zero-order valence-corrected chi connectivity index (χ0v) is 23.1. The van der Waals surface area contributed by atoms with Crippen LogP contribution in [0.1, 0.15) is 74.3 Å². The van der Waals surface area contributed by atoms with Gasteiger partial charge in [-0.05, 0) is 128 Å². The van der Waals surface area contributed by atoms with Crippen LogP contribution in [-0.4, -0.2) is 0 Å². The van der Waals surface area contributed by atoms with Crippen LogP contribution in [0.3, 0.4) is 0 Å². The number of anilines is 3. The van der Waals surface area contributed by atoms with E-state index in [2.05, 4.69) is 89.8 Å². The molecule has 40 heavy (non-hydrogen) atoms. The van der Waals surface area contributed by atoms with Gasteiger partial charge in [-0.15, -0.1) is 0 Å². The van der Waals surface area contributed by atoms with Crippen molar-refractivity contribution in [3.8, 4) is 0 Å². The maximum absolute atomic E-state index is 6.32. The molecule has 2 heteroatoms. The summed E-state index contributed by atoms with van der Waals surface area (Å²) in [6, 6.07) is 34.2. The summed E-state index contributed by atoms with van der Waals surface area (Å²) in [5, 5.41) is 2.36. The van der Waals surface area contributed by atoms with Crippen molar-refractivity contribution in [2.24, 2.45) is 23.7 Å². The number of rotatable bonds is 5. The zero-order valence-electron chi connectivity index (χ0n) is 23.1. The van der Waals surface area contributed by atoms with E-state index in [4.69, 9.17) is 4.42 Å². The molecule has 0 amide bonds. The largest absolute Gasteiger partial charge is 0.456 e. The lowest BCUT2D eigenvalue weighted by molar-refractivity contribution is 0.420. The summed E-state index contributed by atoms with van der Waals surface area (Å²) in [5.41, 5.74) is 8.55. The van der Waals surface area contributed by atoms with Crippen molar-refractivity contribution in [3.05, 3.63) is 102 Å². The second-order valence-corrected chi connectivity index (χ2v) is 13.4. The fourth-order valence-electron chi connectivity index (χ4n) is 9.35. The van der Waals surface area contributed by atoms with E-state index in [-0.39, 0.29) is 0 Å². The van der Waals surface area contributed by atoms with Gasteiger partial charge in [0.05, 0.1) is 0 Å². The smallest absolute Gasteiger partial charge is 0.137 e. The lowest BCUT2D eigenvalue weighted by atomic mass is 9.83. The molecular formula is C38H37NO. The van der Waals surface area contributed by atoms with Gasteiger partial charge in [-0.3, -0.25) is 0 Å². The summed E-state index contributed by atoms with van der Waals surface area (Å²) in [4.78, 5) is 2.42. The van der Waals surface area contributed by atoms with E-state index in [1.807, 2.05) is 6.07 Å². The Morgan fingerprint density at radius 1 is 0.500 bits per heavy atom. The maximum Gasteiger partial charge on any atom is 0.137 e. The van der Waals surface area contributed by atoms with Crippen LogP contribution in [0.15, 0.2) is 95.4 Å². The molecule has 0 saturated heterocycles. The van der Waals surface area contributed by atoms with Gasteiger partial charge in [0.15, 0.2) is 0 Å². The van der Waals surface area contributed by atoms with Gasteiger partial charge in [0.1, 0.15) is 11.2 Å². The normalized spacial score (nSPS) is 28.7. The molecule has 0 spiro atoms. The predicted molar refractivity (Wildman–Crippen MR) is 165 cm³/mol. The average molecular weight is 524 g/mol. The van der Waals surface area contributed by atoms with Crippen LogP contribution in [0.2, 0.25) is 0 Å². The highest BCUT2D eigenvalue weighted by molar-refractivity contribution is 6.06. The van der Waals surface area contributed by atoms with Gasteiger partial charge >= 0.3 is 0 Å². The van der Waals surface area contributed by atoms with Gasteiger partial charge in [0.25, 0.3) is 0 Å². The second kappa shape index (κ2) is 8.99. The third kappa shape index (κ3) is 3.68. The molecule has 0 radical (unpaired) electrons. The molecule has 9 rings (SSSR count). The third-order valence-electron chi connectivity index (χ3n) is 11.3. The van der Waals surface area contributed by atoms with Gasteiger partial charge in [-0.2, -0.15) is 0 Å². The topological polar surface area (TPSA) is 16.4 Å². The highest BCUT2D eigenvalue weighted by Crippen LogP contribution is 2.54. The summed E-state index contributed by atoms with van der Waals surface area (Å²) in [6.07, 6.45) is 11.4. The molecule has 2 nitrogen and oxygen atoms in total. The molecule has 1 heterocycles. The molecule has 4 fully saturated rings. The predicted octanol–water partition coefficient (Wildman–Crippen LogP) is 10.9. The van der Waals surface area contributed by atoms with Crippen LogP contribution >= 0.6 is 0 Å². The van der Waals surface area contributed by atoms with Gasteiger partial charge in [-0.1, -0.05) is 55.3 Å². The summed E-state index contributed by atoms with van der Waals surface area (Å²) >= 11 is 0. The molecule has 1 aromatic heterocycles. The molecule has 4 bridgehead atoms. The Morgan fingerprint density at radius 2 is 1.05 bits per heavy atom. The Morgan fingerprint density at radius 3 is 1.60 bits per heavy atom. The Labute approximate surface area is 237 Å². The quantitative estimate of drug-likeness (QED) is 0.228. The van der Waals surface area contributed by atoms with Crippen LogP contribution in [0.5, 0.6) is 0 Å².